The van der Waals surface area contributed by atoms with Gasteiger partial charge in [0.1, 0.15) is 0 Å². The van der Waals surface area contributed by atoms with Gasteiger partial charge >= 0.3 is 5.97 Å². The summed E-state index contributed by atoms with van der Waals surface area (Å²) >= 11 is 0. The molecule has 0 amide bonds. The second kappa shape index (κ2) is 7.54. The molecule has 0 unspecified atom stereocenters. The maximum atomic E-state index is 11.4. The van der Waals surface area contributed by atoms with Gasteiger partial charge in [-0.05, 0) is 44.6 Å². The summed E-state index contributed by atoms with van der Waals surface area (Å²) in [6, 6.07) is 0. The fourth-order valence-corrected chi connectivity index (χ4v) is 2.45. The topological polar surface area (TPSA) is 55.8 Å². The molecule has 1 aliphatic heterocycles. The fourth-order valence-electron chi connectivity index (χ4n) is 2.45. The minimum absolute atomic E-state index is 0.00176. The molecule has 0 spiro atoms. The molecule has 0 aromatic heterocycles. The van der Waals surface area contributed by atoms with E-state index in [2.05, 4.69) is 6.92 Å². The van der Waals surface area contributed by atoms with Gasteiger partial charge in [0, 0.05) is 12.7 Å². The monoisotopic (exact) mass is 256 g/mol. The Morgan fingerprint density at radius 2 is 2.28 bits per heavy atom. The summed E-state index contributed by atoms with van der Waals surface area (Å²) in [5.74, 6) is 0.101. The van der Waals surface area contributed by atoms with E-state index in [1.807, 2.05) is 6.92 Å². The molecule has 1 fully saturated rings. The molecule has 4 nitrogen and oxygen atoms in total. The molecule has 18 heavy (non-hydrogen) atoms. The van der Waals surface area contributed by atoms with E-state index in [9.17, 15) is 4.79 Å². The fraction of sp³-hybridized carbons (Fsp3) is 0.786. The lowest BCUT2D eigenvalue weighted by molar-refractivity contribution is -0.137. The molecular formula is C14H24O4. The van der Waals surface area contributed by atoms with Crippen LogP contribution in [0.15, 0.2) is 11.6 Å². The predicted molar refractivity (Wildman–Crippen MR) is 69.2 cm³/mol. The maximum Gasteiger partial charge on any atom is 0.330 e. The largest absolute Gasteiger partial charge is 0.463 e. The smallest absolute Gasteiger partial charge is 0.330 e. The Kier molecular flexibility index (Phi) is 6.36. The number of carbonyl (C=O) groups excluding carboxylic acids is 1. The highest BCUT2D eigenvalue weighted by atomic mass is 16.5. The summed E-state index contributed by atoms with van der Waals surface area (Å²) in [7, 11) is 0. The number of esters is 1. The van der Waals surface area contributed by atoms with Gasteiger partial charge in [-0.25, -0.2) is 4.79 Å². The first-order valence-electron chi connectivity index (χ1n) is 6.69. The summed E-state index contributed by atoms with van der Waals surface area (Å²) < 4.78 is 10.8. The van der Waals surface area contributed by atoms with Crippen LogP contribution in [0.5, 0.6) is 0 Å². The Bertz CT molecular complexity index is 298. The van der Waals surface area contributed by atoms with Crippen molar-refractivity contribution in [2.45, 2.75) is 52.2 Å². The zero-order chi connectivity index (χ0) is 13.5. The lowest BCUT2D eigenvalue weighted by Crippen LogP contribution is -2.17. The molecule has 0 saturated carbocycles. The van der Waals surface area contributed by atoms with Crippen LogP contribution in [0.2, 0.25) is 0 Å². The van der Waals surface area contributed by atoms with Crippen LogP contribution in [-0.2, 0) is 14.3 Å². The van der Waals surface area contributed by atoms with Crippen LogP contribution in [0, 0.1) is 5.92 Å². The van der Waals surface area contributed by atoms with E-state index < -0.39 is 0 Å². The molecule has 0 radical (unpaired) electrons. The van der Waals surface area contributed by atoms with Crippen molar-refractivity contribution in [2.24, 2.45) is 5.92 Å². The Morgan fingerprint density at radius 3 is 2.89 bits per heavy atom. The van der Waals surface area contributed by atoms with Crippen LogP contribution < -0.4 is 0 Å². The normalized spacial score (nSPS) is 28.4. The summed E-state index contributed by atoms with van der Waals surface area (Å²) in [5, 5.41) is 8.82. The summed E-state index contributed by atoms with van der Waals surface area (Å²) in [6.45, 7) is 6.43. The maximum absolute atomic E-state index is 11.4. The summed E-state index contributed by atoms with van der Waals surface area (Å²) in [5.41, 5.74) is 0.924. The molecule has 1 aliphatic rings. The van der Waals surface area contributed by atoms with Crippen molar-refractivity contribution in [1.82, 2.24) is 0 Å². The molecule has 1 saturated heterocycles. The molecule has 104 valence electrons. The molecule has 0 bridgehead atoms. The van der Waals surface area contributed by atoms with Gasteiger partial charge in [0.2, 0.25) is 0 Å². The van der Waals surface area contributed by atoms with E-state index in [-0.39, 0.29) is 24.8 Å². The van der Waals surface area contributed by atoms with E-state index in [1.165, 1.54) is 6.08 Å². The van der Waals surface area contributed by atoms with E-state index >= 15 is 0 Å². The quantitative estimate of drug-likeness (QED) is 0.584. The number of aliphatic hydroxyl groups excluding tert-OH is 1. The van der Waals surface area contributed by atoms with Gasteiger partial charge < -0.3 is 14.6 Å². The highest BCUT2D eigenvalue weighted by Crippen LogP contribution is 2.32. The van der Waals surface area contributed by atoms with Crippen molar-refractivity contribution in [3.8, 4) is 0 Å². The van der Waals surface area contributed by atoms with Crippen molar-refractivity contribution < 1.29 is 19.4 Å². The third-order valence-corrected chi connectivity index (χ3v) is 3.26. The van der Waals surface area contributed by atoms with Crippen LogP contribution in [0.4, 0.5) is 0 Å². The molecule has 0 aromatic rings. The molecule has 1 N–H and O–H groups in total. The molecule has 0 aromatic carbocycles. The van der Waals surface area contributed by atoms with Crippen LogP contribution in [-0.4, -0.2) is 36.5 Å². The van der Waals surface area contributed by atoms with Gasteiger partial charge in [-0.2, -0.15) is 0 Å². The number of rotatable bonds is 6. The van der Waals surface area contributed by atoms with E-state index in [4.69, 9.17) is 14.6 Å². The third-order valence-electron chi connectivity index (χ3n) is 3.26. The van der Waals surface area contributed by atoms with Gasteiger partial charge in [0.25, 0.3) is 0 Å². The third kappa shape index (κ3) is 4.42. The van der Waals surface area contributed by atoms with E-state index in [1.54, 1.807) is 6.92 Å². The highest BCUT2D eigenvalue weighted by Gasteiger charge is 2.32. The molecule has 1 rings (SSSR count). The lowest BCUT2D eigenvalue weighted by Gasteiger charge is -2.16. The first kappa shape index (κ1) is 15.2. The van der Waals surface area contributed by atoms with Crippen LogP contribution in [0.25, 0.3) is 0 Å². The summed E-state index contributed by atoms with van der Waals surface area (Å²) in [6.07, 6.45) is 4.35. The first-order valence-corrected chi connectivity index (χ1v) is 6.69. The van der Waals surface area contributed by atoms with Gasteiger partial charge in [-0.15, -0.1) is 0 Å². The van der Waals surface area contributed by atoms with E-state index in [0.717, 1.165) is 24.8 Å². The van der Waals surface area contributed by atoms with Crippen molar-refractivity contribution in [3.63, 3.8) is 0 Å². The van der Waals surface area contributed by atoms with Gasteiger partial charge in [0.15, 0.2) is 0 Å². The van der Waals surface area contributed by atoms with Gasteiger partial charge in [-0.3, -0.25) is 0 Å². The highest BCUT2D eigenvalue weighted by molar-refractivity contribution is 5.82. The first-order chi connectivity index (χ1) is 8.58. The number of hydrogen-bond acceptors (Lipinski definition) is 4. The molecule has 3 atom stereocenters. The lowest BCUT2D eigenvalue weighted by atomic mass is 9.95. The van der Waals surface area contributed by atoms with Crippen LogP contribution in [0.3, 0.4) is 0 Å². The number of hydrogen-bond donors (Lipinski definition) is 1. The van der Waals surface area contributed by atoms with Crippen molar-refractivity contribution >= 4 is 5.97 Å². The second-order valence-corrected chi connectivity index (χ2v) is 4.90. The van der Waals surface area contributed by atoms with Crippen LogP contribution >= 0.6 is 0 Å². The zero-order valence-corrected chi connectivity index (χ0v) is 11.5. The molecular weight excluding hydrogens is 232 g/mol. The Labute approximate surface area is 109 Å². The minimum Gasteiger partial charge on any atom is -0.463 e. The second-order valence-electron chi connectivity index (χ2n) is 4.90. The van der Waals surface area contributed by atoms with Gasteiger partial charge in [-0.1, -0.05) is 6.92 Å². The van der Waals surface area contributed by atoms with Gasteiger partial charge in [0.05, 0.1) is 18.8 Å². The molecule has 0 aliphatic carbocycles. The Morgan fingerprint density at radius 1 is 1.56 bits per heavy atom. The number of carbonyl (C=O) groups is 1. The van der Waals surface area contributed by atoms with Crippen LogP contribution in [0.1, 0.15) is 40.0 Å². The Hall–Kier alpha value is -0.870. The average Bonchev–Trinajstić information content (AvgIpc) is 2.68. The standard InChI is InChI=1S/C14H24O4/c1-4-17-13(16)9-11(3)14-10(2)8-12(18-14)6-5-7-15/h9-10,12,14-15H,4-8H2,1-3H3/b11-9+/t10-,12-,14-/m1/s1. The van der Waals surface area contributed by atoms with Crippen molar-refractivity contribution in [3.05, 3.63) is 11.6 Å². The number of aliphatic hydroxyl groups is 1. The van der Waals surface area contributed by atoms with E-state index in [0.29, 0.717) is 12.5 Å². The average molecular weight is 256 g/mol. The molecule has 1 heterocycles. The van der Waals surface area contributed by atoms with Crippen molar-refractivity contribution in [2.75, 3.05) is 13.2 Å². The van der Waals surface area contributed by atoms with Crippen molar-refractivity contribution in [1.29, 1.82) is 0 Å². The zero-order valence-electron chi connectivity index (χ0n) is 11.5. The minimum atomic E-state index is -0.301. The predicted octanol–water partition coefficient (Wildman–Crippen LogP) is 2.06. The SMILES string of the molecule is CCOC(=O)/C=C(\C)[C@@H]1O[C@H](CCCO)C[C@H]1C. The summed E-state index contributed by atoms with van der Waals surface area (Å²) in [4.78, 5) is 11.4. The Balaban J connectivity index is 2.53. The molecule has 4 heteroatoms. The number of ether oxygens (including phenoxy) is 2.